The average molecular weight is 331 g/mol. The first-order chi connectivity index (χ1) is 11.0. The van der Waals surface area contributed by atoms with Crippen molar-refractivity contribution in [3.63, 3.8) is 0 Å². The number of carbonyl (C=O) groups is 2. The van der Waals surface area contributed by atoms with Crippen LogP contribution in [0.1, 0.15) is 29.8 Å². The van der Waals surface area contributed by atoms with Crippen molar-refractivity contribution in [3.05, 3.63) is 64.7 Å². The minimum absolute atomic E-state index is 0.0510. The smallest absolute Gasteiger partial charge is 0.251 e. The molecule has 0 unspecified atom stereocenters. The SMILES string of the molecule is CC(C)C(=O)Nc1ccc(C(=O)NCc2ccc(Cl)cc2)cc1. The molecule has 0 aliphatic rings. The Kier molecular flexibility index (Phi) is 5.77. The van der Waals surface area contributed by atoms with Crippen LogP contribution in [0.3, 0.4) is 0 Å². The van der Waals surface area contributed by atoms with Gasteiger partial charge < -0.3 is 10.6 Å². The number of amides is 2. The molecule has 2 aromatic carbocycles. The maximum atomic E-state index is 12.1. The number of nitrogens with one attached hydrogen (secondary N) is 2. The van der Waals surface area contributed by atoms with E-state index in [-0.39, 0.29) is 17.7 Å². The fourth-order valence-electron chi connectivity index (χ4n) is 1.88. The zero-order chi connectivity index (χ0) is 16.8. The van der Waals surface area contributed by atoms with Gasteiger partial charge in [0.1, 0.15) is 0 Å². The molecule has 0 spiro atoms. The third-order valence-electron chi connectivity index (χ3n) is 3.31. The van der Waals surface area contributed by atoms with Gasteiger partial charge in [0.2, 0.25) is 5.91 Å². The van der Waals surface area contributed by atoms with Crippen molar-refractivity contribution >= 4 is 29.1 Å². The first kappa shape index (κ1) is 17.0. The molecular formula is C18H19ClN2O2. The third kappa shape index (κ3) is 5.11. The lowest BCUT2D eigenvalue weighted by Gasteiger charge is -2.09. The molecule has 0 aliphatic carbocycles. The van der Waals surface area contributed by atoms with E-state index in [2.05, 4.69) is 10.6 Å². The van der Waals surface area contributed by atoms with E-state index < -0.39 is 0 Å². The number of rotatable bonds is 5. The highest BCUT2D eigenvalue weighted by Crippen LogP contribution is 2.12. The van der Waals surface area contributed by atoms with Gasteiger partial charge >= 0.3 is 0 Å². The van der Waals surface area contributed by atoms with Gasteiger partial charge in [0.15, 0.2) is 0 Å². The lowest BCUT2D eigenvalue weighted by atomic mass is 10.1. The van der Waals surface area contributed by atoms with Gasteiger partial charge in [0, 0.05) is 28.7 Å². The monoisotopic (exact) mass is 330 g/mol. The molecule has 0 aromatic heterocycles. The number of hydrogen-bond acceptors (Lipinski definition) is 2. The standard InChI is InChI=1S/C18H19ClN2O2/c1-12(2)17(22)21-16-9-5-14(6-10-16)18(23)20-11-13-3-7-15(19)8-4-13/h3-10,12H,11H2,1-2H3,(H,20,23)(H,21,22). The lowest BCUT2D eigenvalue weighted by molar-refractivity contribution is -0.118. The minimum Gasteiger partial charge on any atom is -0.348 e. The van der Waals surface area contributed by atoms with Crippen LogP contribution in [0.25, 0.3) is 0 Å². The second kappa shape index (κ2) is 7.79. The Labute approximate surface area is 140 Å². The van der Waals surface area contributed by atoms with Crippen molar-refractivity contribution in [2.75, 3.05) is 5.32 Å². The summed E-state index contributed by atoms with van der Waals surface area (Å²) >= 11 is 5.82. The third-order valence-corrected chi connectivity index (χ3v) is 3.56. The molecule has 4 nitrogen and oxygen atoms in total. The number of carbonyl (C=O) groups excluding carboxylic acids is 2. The molecule has 2 rings (SSSR count). The Bertz CT molecular complexity index is 679. The van der Waals surface area contributed by atoms with E-state index in [1.807, 2.05) is 26.0 Å². The first-order valence-electron chi connectivity index (χ1n) is 7.39. The summed E-state index contributed by atoms with van der Waals surface area (Å²) in [5, 5.41) is 6.30. The van der Waals surface area contributed by atoms with Gasteiger partial charge in [-0.05, 0) is 42.0 Å². The second-order valence-corrected chi connectivity index (χ2v) is 5.97. The van der Waals surface area contributed by atoms with Crippen LogP contribution in [-0.4, -0.2) is 11.8 Å². The number of benzene rings is 2. The molecule has 0 fully saturated rings. The Morgan fingerprint density at radius 3 is 2.17 bits per heavy atom. The highest BCUT2D eigenvalue weighted by atomic mass is 35.5. The highest BCUT2D eigenvalue weighted by molar-refractivity contribution is 6.30. The Morgan fingerprint density at radius 1 is 1.00 bits per heavy atom. The van der Waals surface area contributed by atoms with E-state index in [9.17, 15) is 9.59 Å². The summed E-state index contributed by atoms with van der Waals surface area (Å²) in [5.41, 5.74) is 2.20. The molecule has 0 radical (unpaired) electrons. The molecule has 2 N–H and O–H groups in total. The van der Waals surface area contributed by atoms with Crippen LogP contribution in [-0.2, 0) is 11.3 Å². The molecule has 0 heterocycles. The summed E-state index contributed by atoms with van der Waals surface area (Å²) in [6, 6.07) is 14.1. The fraction of sp³-hybridized carbons (Fsp3) is 0.222. The molecule has 2 aromatic rings. The molecule has 0 aliphatic heterocycles. The van der Waals surface area contributed by atoms with Gasteiger partial charge in [-0.3, -0.25) is 9.59 Å². The van der Waals surface area contributed by atoms with Crippen LogP contribution in [0.2, 0.25) is 5.02 Å². The zero-order valence-electron chi connectivity index (χ0n) is 13.1. The average Bonchev–Trinajstić information content (AvgIpc) is 2.54. The summed E-state index contributed by atoms with van der Waals surface area (Å²) in [6.07, 6.45) is 0. The topological polar surface area (TPSA) is 58.2 Å². The molecule has 0 atom stereocenters. The Balaban J connectivity index is 1.92. The van der Waals surface area contributed by atoms with Crippen LogP contribution in [0.4, 0.5) is 5.69 Å². The van der Waals surface area contributed by atoms with Gasteiger partial charge in [-0.1, -0.05) is 37.6 Å². The summed E-state index contributed by atoms with van der Waals surface area (Å²) in [5.74, 6) is -0.302. The second-order valence-electron chi connectivity index (χ2n) is 5.53. The maximum absolute atomic E-state index is 12.1. The molecule has 0 saturated carbocycles. The number of halogens is 1. The number of hydrogen-bond donors (Lipinski definition) is 2. The van der Waals surface area contributed by atoms with E-state index in [0.717, 1.165) is 5.56 Å². The van der Waals surface area contributed by atoms with Gasteiger partial charge in [-0.15, -0.1) is 0 Å². The minimum atomic E-state index is -0.165. The van der Waals surface area contributed by atoms with Gasteiger partial charge in [0.25, 0.3) is 5.91 Å². The zero-order valence-corrected chi connectivity index (χ0v) is 13.9. The summed E-state index contributed by atoms with van der Waals surface area (Å²) in [7, 11) is 0. The van der Waals surface area contributed by atoms with E-state index in [4.69, 9.17) is 11.6 Å². The first-order valence-corrected chi connectivity index (χ1v) is 7.77. The van der Waals surface area contributed by atoms with Crippen molar-refractivity contribution in [2.24, 2.45) is 5.92 Å². The quantitative estimate of drug-likeness (QED) is 0.874. The summed E-state index contributed by atoms with van der Waals surface area (Å²) in [6.45, 7) is 4.09. The van der Waals surface area contributed by atoms with E-state index >= 15 is 0 Å². The molecule has 23 heavy (non-hydrogen) atoms. The molecule has 120 valence electrons. The summed E-state index contributed by atoms with van der Waals surface area (Å²) in [4.78, 5) is 23.7. The van der Waals surface area contributed by atoms with Crippen LogP contribution >= 0.6 is 11.6 Å². The maximum Gasteiger partial charge on any atom is 0.251 e. The van der Waals surface area contributed by atoms with Crippen molar-refractivity contribution < 1.29 is 9.59 Å². The predicted molar refractivity (Wildman–Crippen MR) is 92.5 cm³/mol. The molecule has 5 heteroatoms. The van der Waals surface area contributed by atoms with Crippen molar-refractivity contribution in [3.8, 4) is 0 Å². The van der Waals surface area contributed by atoms with E-state index in [0.29, 0.717) is 22.8 Å². The molecule has 2 amide bonds. The number of anilines is 1. The Hall–Kier alpha value is -2.33. The normalized spacial score (nSPS) is 10.4. The fourth-order valence-corrected chi connectivity index (χ4v) is 2.00. The summed E-state index contributed by atoms with van der Waals surface area (Å²) < 4.78 is 0. The van der Waals surface area contributed by atoms with Gasteiger partial charge in [-0.2, -0.15) is 0 Å². The van der Waals surface area contributed by atoms with Crippen molar-refractivity contribution in [2.45, 2.75) is 20.4 Å². The van der Waals surface area contributed by atoms with E-state index in [1.165, 1.54) is 0 Å². The highest BCUT2D eigenvalue weighted by Gasteiger charge is 2.08. The van der Waals surface area contributed by atoms with Crippen molar-refractivity contribution in [1.82, 2.24) is 5.32 Å². The molecule has 0 bridgehead atoms. The van der Waals surface area contributed by atoms with Crippen molar-refractivity contribution in [1.29, 1.82) is 0 Å². The molecular weight excluding hydrogens is 312 g/mol. The van der Waals surface area contributed by atoms with Crippen LogP contribution in [0.5, 0.6) is 0 Å². The van der Waals surface area contributed by atoms with E-state index in [1.54, 1.807) is 36.4 Å². The van der Waals surface area contributed by atoms with Gasteiger partial charge in [-0.25, -0.2) is 0 Å². The van der Waals surface area contributed by atoms with Crippen LogP contribution in [0.15, 0.2) is 48.5 Å². The van der Waals surface area contributed by atoms with Crippen LogP contribution in [0, 0.1) is 5.92 Å². The lowest BCUT2D eigenvalue weighted by Crippen LogP contribution is -2.23. The molecule has 0 saturated heterocycles. The van der Waals surface area contributed by atoms with Crippen LogP contribution < -0.4 is 10.6 Å². The predicted octanol–water partition coefficient (Wildman–Crippen LogP) is 3.86. The van der Waals surface area contributed by atoms with Gasteiger partial charge in [0.05, 0.1) is 0 Å². The Morgan fingerprint density at radius 2 is 1.61 bits per heavy atom. The largest absolute Gasteiger partial charge is 0.348 e.